The molecule has 0 radical (unpaired) electrons. The molecule has 7 heteroatoms. The van der Waals surface area contributed by atoms with E-state index in [1.54, 1.807) is 18.3 Å². The predicted molar refractivity (Wildman–Crippen MR) is 89.1 cm³/mol. The lowest BCUT2D eigenvalue weighted by molar-refractivity contribution is -0.120. The Labute approximate surface area is 141 Å². The van der Waals surface area contributed by atoms with Crippen molar-refractivity contribution in [1.29, 1.82) is 5.26 Å². The molecule has 0 aromatic carbocycles. The van der Waals surface area contributed by atoms with Gasteiger partial charge < -0.3 is 9.73 Å². The third-order valence-electron chi connectivity index (χ3n) is 3.30. The Kier molecular flexibility index (Phi) is 4.55. The maximum absolute atomic E-state index is 12.2. The van der Waals surface area contributed by atoms with Crippen molar-refractivity contribution in [1.82, 2.24) is 10.3 Å². The lowest BCUT2D eigenvalue weighted by Crippen LogP contribution is -2.29. The van der Waals surface area contributed by atoms with Crippen molar-refractivity contribution < 1.29 is 9.21 Å². The number of thiophene rings is 2. The number of aromatic nitrogens is 1. The highest BCUT2D eigenvalue weighted by molar-refractivity contribution is 7.08. The van der Waals surface area contributed by atoms with Crippen molar-refractivity contribution >= 4 is 28.6 Å². The molecule has 0 aliphatic rings. The molecule has 1 amide bonds. The molecule has 0 unspecified atom stereocenters. The summed E-state index contributed by atoms with van der Waals surface area (Å²) in [6.07, 6.45) is 0.0851. The summed E-state index contributed by atoms with van der Waals surface area (Å²) in [6.45, 7) is 1.78. The van der Waals surface area contributed by atoms with Crippen LogP contribution in [0.3, 0.4) is 0 Å². The summed E-state index contributed by atoms with van der Waals surface area (Å²) in [6, 6.07) is 5.20. The topological polar surface area (TPSA) is 78.9 Å². The van der Waals surface area contributed by atoms with Crippen molar-refractivity contribution in [2.75, 3.05) is 0 Å². The van der Waals surface area contributed by atoms with Gasteiger partial charge in [-0.25, -0.2) is 4.98 Å². The summed E-state index contributed by atoms with van der Waals surface area (Å²) in [5.74, 6) is 0.877. The second-order valence-electron chi connectivity index (χ2n) is 4.90. The summed E-state index contributed by atoms with van der Waals surface area (Å²) in [4.78, 5) is 16.6. The predicted octanol–water partition coefficient (Wildman–Crippen LogP) is 3.70. The fourth-order valence-corrected chi connectivity index (χ4v) is 3.41. The van der Waals surface area contributed by atoms with E-state index in [1.165, 1.54) is 11.3 Å². The van der Waals surface area contributed by atoms with Gasteiger partial charge in [-0.05, 0) is 40.8 Å². The molecule has 1 N–H and O–H groups in total. The van der Waals surface area contributed by atoms with Gasteiger partial charge in [0.25, 0.3) is 0 Å². The molecule has 1 atom stereocenters. The molecule has 23 heavy (non-hydrogen) atoms. The minimum atomic E-state index is -0.641. The van der Waals surface area contributed by atoms with Crippen molar-refractivity contribution in [3.8, 4) is 17.5 Å². The van der Waals surface area contributed by atoms with Crippen molar-refractivity contribution in [3.63, 3.8) is 0 Å². The Hall–Kier alpha value is -2.43. The van der Waals surface area contributed by atoms with Gasteiger partial charge in [0.2, 0.25) is 11.8 Å². The van der Waals surface area contributed by atoms with E-state index in [1.807, 2.05) is 33.7 Å². The first-order valence-corrected chi connectivity index (χ1v) is 8.76. The highest BCUT2D eigenvalue weighted by Gasteiger charge is 2.18. The van der Waals surface area contributed by atoms with Gasteiger partial charge in [0.1, 0.15) is 11.8 Å². The molecule has 0 fully saturated rings. The molecule has 0 saturated heterocycles. The zero-order valence-corrected chi connectivity index (χ0v) is 13.9. The highest BCUT2D eigenvalue weighted by Crippen LogP contribution is 2.24. The first-order chi connectivity index (χ1) is 11.2. The van der Waals surface area contributed by atoms with Gasteiger partial charge in [-0.1, -0.05) is 0 Å². The molecule has 0 aliphatic carbocycles. The molecule has 0 aliphatic heterocycles. The maximum atomic E-state index is 12.2. The van der Waals surface area contributed by atoms with Gasteiger partial charge in [-0.15, -0.1) is 0 Å². The Balaban J connectivity index is 1.70. The number of carbonyl (C=O) groups excluding carboxylic acids is 1. The third kappa shape index (κ3) is 3.50. The second kappa shape index (κ2) is 6.77. The Morgan fingerprint density at radius 2 is 2.17 bits per heavy atom. The van der Waals surface area contributed by atoms with Crippen LogP contribution >= 0.6 is 22.7 Å². The van der Waals surface area contributed by atoms with Gasteiger partial charge >= 0.3 is 0 Å². The third-order valence-corrected chi connectivity index (χ3v) is 4.68. The fraction of sp³-hybridized carbons (Fsp3) is 0.188. The number of hydrogen-bond donors (Lipinski definition) is 1. The van der Waals surface area contributed by atoms with E-state index in [-0.39, 0.29) is 12.3 Å². The van der Waals surface area contributed by atoms with Gasteiger partial charge in [0.15, 0.2) is 0 Å². The van der Waals surface area contributed by atoms with Crippen LogP contribution in [-0.2, 0) is 11.2 Å². The summed E-state index contributed by atoms with van der Waals surface area (Å²) < 4.78 is 5.62. The van der Waals surface area contributed by atoms with Crippen LogP contribution < -0.4 is 5.32 Å². The maximum Gasteiger partial charge on any atom is 0.227 e. The van der Waals surface area contributed by atoms with E-state index >= 15 is 0 Å². The van der Waals surface area contributed by atoms with E-state index < -0.39 is 6.04 Å². The summed E-state index contributed by atoms with van der Waals surface area (Å²) >= 11 is 3.05. The van der Waals surface area contributed by atoms with Crippen LogP contribution in [0.5, 0.6) is 0 Å². The van der Waals surface area contributed by atoms with Crippen LogP contribution in [0.25, 0.3) is 11.5 Å². The molecule has 3 aromatic rings. The monoisotopic (exact) mass is 343 g/mol. The van der Waals surface area contributed by atoms with Crippen LogP contribution in [0.15, 0.2) is 38.1 Å². The van der Waals surface area contributed by atoms with E-state index in [0.29, 0.717) is 17.3 Å². The van der Waals surface area contributed by atoms with Crippen LogP contribution in [0.4, 0.5) is 0 Å². The second-order valence-corrected chi connectivity index (χ2v) is 6.46. The van der Waals surface area contributed by atoms with E-state index in [2.05, 4.69) is 16.4 Å². The summed E-state index contributed by atoms with van der Waals surface area (Å²) in [5.41, 5.74) is 2.28. The molecule has 0 saturated carbocycles. The number of carbonyl (C=O) groups is 1. The lowest BCUT2D eigenvalue weighted by atomic mass is 10.1. The van der Waals surface area contributed by atoms with Gasteiger partial charge in [0, 0.05) is 10.9 Å². The number of aryl methyl sites for hydroxylation is 1. The number of rotatable bonds is 5. The number of hydrogen-bond acceptors (Lipinski definition) is 6. The van der Waals surface area contributed by atoms with Crippen LogP contribution in [0.2, 0.25) is 0 Å². The zero-order chi connectivity index (χ0) is 16.2. The number of amides is 1. The molecule has 3 aromatic heterocycles. The lowest BCUT2D eigenvalue weighted by Gasteiger charge is -2.09. The first kappa shape index (κ1) is 15.5. The number of nitriles is 1. The molecular formula is C16H13N3O2S2. The largest absolute Gasteiger partial charge is 0.441 e. The van der Waals surface area contributed by atoms with Crippen molar-refractivity contribution in [2.24, 2.45) is 0 Å². The number of nitrogens with one attached hydrogen (secondary N) is 1. The van der Waals surface area contributed by atoms with Crippen LogP contribution in [0.1, 0.15) is 23.1 Å². The van der Waals surface area contributed by atoms with Gasteiger partial charge in [-0.3, -0.25) is 4.79 Å². The van der Waals surface area contributed by atoms with Crippen molar-refractivity contribution in [3.05, 3.63) is 50.7 Å². The minimum absolute atomic E-state index is 0.0851. The van der Waals surface area contributed by atoms with Crippen LogP contribution in [-0.4, -0.2) is 10.9 Å². The fourth-order valence-electron chi connectivity index (χ4n) is 2.10. The quantitative estimate of drug-likeness (QED) is 0.766. The van der Waals surface area contributed by atoms with Crippen molar-refractivity contribution in [2.45, 2.75) is 19.4 Å². The number of oxazole rings is 1. The molecular weight excluding hydrogens is 330 g/mol. The molecule has 3 rings (SSSR count). The Morgan fingerprint density at radius 3 is 2.83 bits per heavy atom. The average Bonchev–Trinajstić information content (AvgIpc) is 3.27. The Bertz CT molecular complexity index is 829. The molecule has 0 bridgehead atoms. The number of nitrogens with zero attached hydrogens (tertiary/aromatic N) is 2. The molecule has 116 valence electrons. The summed E-state index contributed by atoms with van der Waals surface area (Å²) in [5, 5.41) is 19.5. The first-order valence-electron chi connectivity index (χ1n) is 6.87. The smallest absolute Gasteiger partial charge is 0.227 e. The molecule has 3 heterocycles. The van der Waals surface area contributed by atoms with Gasteiger partial charge in [-0.2, -0.15) is 27.9 Å². The zero-order valence-electron chi connectivity index (χ0n) is 12.3. The normalized spacial score (nSPS) is 11.8. The molecule has 5 nitrogen and oxygen atoms in total. The average molecular weight is 343 g/mol. The van der Waals surface area contributed by atoms with E-state index in [0.717, 1.165) is 11.1 Å². The van der Waals surface area contributed by atoms with Gasteiger partial charge in [0.05, 0.1) is 18.2 Å². The van der Waals surface area contributed by atoms with E-state index in [9.17, 15) is 10.1 Å². The minimum Gasteiger partial charge on any atom is -0.441 e. The SMILES string of the molecule is Cc1oc(-c2ccsc2)nc1CC(=O)N[C@H](C#N)c1ccsc1. The molecule has 0 spiro atoms. The Morgan fingerprint density at radius 1 is 1.39 bits per heavy atom. The standard InChI is InChI=1S/C16H13N3O2S2/c1-10-13(19-16(21-10)12-3-5-23-9-12)6-15(20)18-14(7-17)11-2-4-22-8-11/h2-5,8-9,14H,6H2,1H3,(H,18,20)/t14-/m1/s1. The van der Waals surface area contributed by atoms with Crippen LogP contribution in [0, 0.1) is 18.3 Å². The van der Waals surface area contributed by atoms with E-state index in [4.69, 9.17) is 4.42 Å². The highest BCUT2D eigenvalue weighted by atomic mass is 32.1. The summed E-state index contributed by atoms with van der Waals surface area (Å²) in [7, 11) is 0.